The number of hydrogen-bond donors (Lipinski definition) is 2. The lowest BCUT2D eigenvalue weighted by atomic mass is 9.90. The molecule has 1 aromatic heterocycles. The molecular formula is C18H22ClF3N4O. The topological polar surface area (TPSA) is 59.0 Å². The highest BCUT2D eigenvalue weighted by Crippen LogP contribution is 2.31. The van der Waals surface area contributed by atoms with E-state index in [1.54, 1.807) is 23.9 Å². The molecule has 1 amide bonds. The molecule has 27 heavy (non-hydrogen) atoms. The lowest BCUT2D eigenvalue weighted by Crippen LogP contribution is -2.36. The number of halogens is 4. The van der Waals surface area contributed by atoms with Crippen molar-refractivity contribution in [3.63, 3.8) is 0 Å². The van der Waals surface area contributed by atoms with Crippen molar-refractivity contribution in [1.82, 2.24) is 20.4 Å². The summed E-state index contributed by atoms with van der Waals surface area (Å²) in [4.78, 5) is 12.7. The van der Waals surface area contributed by atoms with Crippen LogP contribution in [-0.2, 0) is 18.0 Å². The fraction of sp³-hybridized carbons (Fsp3) is 0.444. The minimum atomic E-state index is -4.40. The Hall–Kier alpha value is -2.06. The number of nitrogens with zero attached hydrogens (tertiary/aromatic N) is 2. The van der Waals surface area contributed by atoms with Crippen LogP contribution in [0, 0.1) is 5.92 Å². The molecule has 9 heteroatoms. The Bertz CT molecular complexity index is 793. The predicted molar refractivity (Wildman–Crippen MR) is 97.6 cm³/mol. The molecule has 1 saturated heterocycles. The average molecular weight is 403 g/mol. The molecule has 1 aliphatic heterocycles. The van der Waals surface area contributed by atoms with Crippen LogP contribution in [0.5, 0.6) is 0 Å². The zero-order valence-electron chi connectivity index (χ0n) is 15.0. The molecule has 1 unspecified atom stereocenters. The van der Waals surface area contributed by atoms with Gasteiger partial charge in [0, 0.05) is 32.3 Å². The summed E-state index contributed by atoms with van der Waals surface area (Å²) >= 11 is 0. The second-order valence-corrected chi connectivity index (χ2v) is 6.67. The van der Waals surface area contributed by atoms with Crippen molar-refractivity contribution >= 4 is 18.3 Å². The highest BCUT2D eigenvalue weighted by Gasteiger charge is 2.35. The Kier molecular flexibility index (Phi) is 6.54. The van der Waals surface area contributed by atoms with E-state index < -0.39 is 17.8 Å². The molecule has 148 valence electrons. The van der Waals surface area contributed by atoms with Crippen molar-refractivity contribution in [2.45, 2.75) is 25.1 Å². The molecule has 5 nitrogen and oxygen atoms in total. The zero-order chi connectivity index (χ0) is 18.9. The van der Waals surface area contributed by atoms with E-state index in [4.69, 9.17) is 0 Å². The number of nitrogens with one attached hydrogen (secondary N) is 2. The van der Waals surface area contributed by atoms with Gasteiger partial charge in [-0.3, -0.25) is 9.48 Å². The number of carbonyl (C=O) groups excluding carboxylic acids is 1. The Balaban J connectivity index is 0.00000261. The van der Waals surface area contributed by atoms with E-state index in [9.17, 15) is 18.0 Å². The summed E-state index contributed by atoms with van der Waals surface area (Å²) in [7, 11) is 1.82. The first-order chi connectivity index (χ1) is 12.3. The summed E-state index contributed by atoms with van der Waals surface area (Å²) in [6.07, 6.45) is -0.775. The van der Waals surface area contributed by atoms with Crippen LogP contribution in [0.2, 0.25) is 0 Å². The van der Waals surface area contributed by atoms with Gasteiger partial charge in [-0.1, -0.05) is 12.1 Å². The molecule has 1 aliphatic rings. The molecule has 2 heterocycles. The molecule has 1 aromatic carbocycles. The van der Waals surface area contributed by atoms with E-state index >= 15 is 0 Å². The standard InChI is InChI=1S/C18H21F3N4O.ClH/c1-11(12-4-3-5-14(6-12)18(19,20)21)24-17(26)16-9-22-8-15(16)13-7-23-25(2)10-13;/h3-7,10-11,15-16,22H,8-9H2,1-2H3,(H,24,26);1H/t11?,15-,16+;/m1./s1. The number of amides is 1. The van der Waals surface area contributed by atoms with Crippen molar-refractivity contribution in [2.24, 2.45) is 13.0 Å². The first-order valence-corrected chi connectivity index (χ1v) is 8.42. The molecule has 3 atom stereocenters. The second kappa shape index (κ2) is 8.31. The molecule has 1 fully saturated rings. The number of aromatic nitrogens is 2. The molecule has 0 radical (unpaired) electrons. The van der Waals surface area contributed by atoms with Gasteiger partial charge in [0.25, 0.3) is 0 Å². The van der Waals surface area contributed by atoms with Crippen LogP contribution in [0.4, 0.5) is 13.2 Å². The van der Waals surface area contributed by atoms with Gasteiger partial charge < -0.3 is 10.6 Å². The Morgan fingerprint density at radius 2 is 2.11 bits per heavy atom. The van der Waals surface area contributed by atoms with Crippen LogP contribution in [0.15, 0.2) is 36.7 Å². The number of rotatable bonds is 4. The molecule has 0 bridgehead atoms. The maximum absolute atomic E-state index is 12.9. The minimum absolute atomic E-state index is 0. The van der Waals surface area contributed by atoms with Gasteiger partial charge in [-0.25, -0.2) is 0 Å². The summed E-state index contributed by atoms with van der Waals surface area (Å²) in [5.41, 5.74) is 0.688. The predicted octanol–water partition coefficient (Wildman–Crippen LogP) is 3.04. The molecule has 0 saturated carbocycles. The molecule has 3 rings (SSSR count). The van der Waals surface area contributed by atoms with Gasteiger partial charge in [0.2, 0.25) is 5.91 Å². The summed E-state index contributed by atoms with van der Waals surface area (Å²) in [6, 6.07) is 4.54. The number of aryl methyl sites for hydroxylation is 1. The van der Waals surface area contributed by atoms with E-state index in [2.05, 4.69) is 15.7 Å². The quantitative estimate of drug-likeness (QED) is 0.826. The summed E-state index contributed by atoms with van der Waals surface area (Å²) < 4.78 is 40.3. The second-order valence-electron chi connectivity index (χ2n) is 6.67. The van der Waals surface area contributed by atoms with Crippen molar-refractivity contribution in [2.75, 3.05) is 13.1 Å². The zero-order valence-corrected chi connectivity index (χ0v) is 15.8. The van der Waals surface area contributed by atoms with Crippen LogP contribution in [0.1, 0.15) is 35.6 Å². The third-order valence-electron chi connectivity index (χ3n) is 4.78. The van der Waals surface area contributed by atoms with Gasteiger partial charge in [0.05, 0.1) is 23.7 Å². The normalized spacial score (nSPS) is 20.8. The van der Waals surface area contributed by atoms with Gasteiger partial charge in [0.1, 0.15) is 0 Å². The van der Waals surface area contributed by atoms with E-state index in [1.165, 1.54) is 6.07 Å². The Labute approximate surface area is 161 Å². The molecule has 2 aromatic rings. The van der Waals surface area contributed by atoms with Crippen LogP contribution >= 0.6 is 12.4 Å². The lowest BCUT2D eigenvalue weighted by molar-refractivity contribution is -0.137. The largest absolute Gasteiger partial charge is 0.416 e. The van der Waals surface area contributed by atoms with E-state index in [0.29, 0.717) is 18.7 Å². The third-order valence-corrected chi connectivity index (χ3v) is 4.78. The molecule has 2 N–H and O–H groups in total. The fourth-order valence-electron chi connectivity index (χ4n) is 3.32. The maximum Gasteiger partial charge on any atom is 0.416 e. The van der Waals surface area contributed by atoms with Gasteiger partial charge >= 0.3 is 6.18 Å². The van der Waals surface area contributed by atoms with Gasteiger partial charge in [-0.15, -0.1) is 12.4 Å². The Morgan fingerprint density at radius 3 is 2.74 bits per heavy atom. The van der Waals surface area contributed by atoms with E-state index in [0.717, 1.165) is 17.7 Å². The van der Waals surface area contributed by atoms with Crippen LogP contribution in [0.3, 0.4) is 0 Å². The number of hydrogen-bond acceptors (Lipinski definition) is 3. The van der Waals surface area contributed by atoms with E-state index in [-0.39, 0.29) is 30.2 Å². The minimum Gasteiger partial charge on any atom is -0.349 e. The first kappa shape index (κ1) is 21.2. The fourth-order valence-corrected chi connectivity index (χ4v) is 3.32. The maximum atomic E-state index is 12.9. The van der Waals surface area contributed by atoms with Crippen LogP contribution in [-0.4, -0.2) is 28.8 Å². The monoisotopic (exact) mass is 402 g/mol. The van der Waals surface area contributed by atoms with Crippen molar-refractivity contribution in [1.29, 1.82) is 0 Å². The number of alkyl halides is 3. The van der Waals surface area contributed by atoms with Gasteiger partial charge in [-0.2, -0.15) is 18.3 Å². The molecule has 0 aliphatic carbocycles. The molecule has 0 spiro atoms. The molecular weight excluding hydrogens is 381 g/mol. The lowest BCUT2D eigenvalue weighted by Gasteiger charge is -2.21. The third kappa shape index (κ3) is 4.81. The summed E-state index contributed by atoms with van der Waals surface area (Å²) in [6.45, 7) is 2.89. The smallest absolute Gasteiger partial charge is 0.349 e. The van der Waals surface area contributed by atoms with Crippen LogP contribution < -0.4 is 10.6 Å². The summed E-state index contributed by atoms with van der Waals surface area (Å²) in [5.74, 6) is -0.460. The highest BCUT2D eigenvalue weighted by atomic mass is 35.5. The average Bonchev–Trinajstić information content (AvgIpc) is 3.22. The van der Waals surface area contributed by atoms with Crippen LogP contribution in [0.25, 0.3) is 0 Å². The van der Waals surface area contributed by atoms with Crippen molar-refractivity contribution in [3.8, 4) is 0 Å². The van der Waals surface area contributed by atoms with Gasteiger partial charge in [0.15, 0.2) is 0 Å². The Morgan fingerprint density at radius 1 is 1.37 bits per heavy atom. The number of carbonyl (C=O) groups is 1. The van der Waals surface area contributed by atoms with Crippen molar-refractivity contribution < 1.29 is 18.0 Å². The number of benzene rings is 1. The summed E-state index contributed by atoms with van der Waals surface area (Å²) in [5, 5.41) is 10.2. The highest BCUT2D eigenvalue weighted by molar-refractivity contribution is 5.85. The SMILES string of the molecule is CC(NC(=O)[C@H]1CNC[C@@H]1c1cnn(C)c1)c1cccc(C(F)(F)F)c1.Cl. The first-order valence-electron chi connectivity index (χ1n) is 8.42. The van der Waals surface area contributed by atoms with Crippen molar-refractivity contribution in [3.05, 3.63) is 53.3 Å². The van der Waals surface area contributed by atoms with E-state index in [1.807, 2.05) is 13.2 Å². The van der Waals surface area contributed by atoms with Gasteiger partial charge in [-0.05, 0) is 30.2 Å².